The second-order valence-corrected chi connectivity index (χ2v) is 8.24. The molecule has 1 aromatic rings. The molecule has 5 heteroatoms. The maximum Gasteiger partial charge on any atom is 0.317 e. The molecule has 1 unspecified atom stereocenters. The summed E-state index contributed by atoms with van der Waals surface area (Å²) in [5, 5.41) is 3.13. The quantitative estimate of drug-likeness (QED) is 0.923. The Morgan fingerprint density at radius 1 is 1.21 bits per heavy atom. The van der Waals surface area contributed by atoms with Crippen molar-refractivity contribution in [3.8, 4) is 0 Å². The van der Waals surface area contributed by atoms with Crippen molar-refractivity contribution in [3.63, 3.8) is 0 Å². The first-order valence-electron chi connectivity index (χ1n) is 8.76. The number of alkyl halides is 1. The molecule has 1 N–H and O–H groups in total. The minimum absolute atomic E-state index is 0.00737. The third kappa shape index (κ3) is 3.89. The minimum atomic E-state index is -1.22. The lowest BCUT2D eigenvalue weighted by Crippen LogP contribution is -2.64. The van der Waals surface area contributed by atoms with Crippen LogP contribution in [0.15, 0.2) is 30.3 Å². The number of halogens is 1. The van der Waals surface area contributed by atoms with Crippen molar-refractivity contribution in [3.05, 3.63) is 35.9 Å². The fraction of sp³-hybridized carbons (Fsp3) is 0.632. The van der Waals surface area contributed by atoms with Gasteiger partial charge in [-0.3, -0.25) is 4.90 Å². The molecule has 1 atom stereocenters. The van der Waals surface area contributed by atoms with E-state index in [2.05, 4.69) is 48.3 Å². The molecular weight excluding hydrogens is 305 g/mol. The summed E-state index contributed by atoms with van der Waals surface area (Å²) in [5.41, 5.74) is 0.0944. The van der Waals surface area contributed by atoms with Crippen LogP contribution in [-0.4, -0.2) is 53.7 Å². The van der Waals surface area contributed by atoms with E-state index < -0.39 is 5.67 Å². The van der Waals surface area contributed by atoms with Crippen LogP contribution in [0.2, 0.25) is 0 Å². The Hall–Kier alpha value is -1.62. The predicted molar refractivity (Wildman–Crippen MR) is 93.5 cm³/mol. The molecule has 2 amide bonds. The monoisotopic (exact) mass is 333 g/mol. The highest BCUT2D eigenvalue weighted by atomic mass is 19.1. The van der Waals surface area contributed by atoms with Crippen molar-refractivity contribution in [1.29, 1.82) is 0 Å². The highest BCUT2D eigenvalue weighted by Crippen LogP contribution is 2.31. The minimum Gasteiger partial charge on any atom is -0.335 e. The number of carbonyl (C=O) groups is 1. The van der Waals surface area contributed by atoms with Crippen molar-refractivity contribution in [2.75, 3.05) is 26.2 Å². The summed E-state index contributed by atoms with van der Waals surface area (Å²) in [6, 6.07) is 10.5. The SMILES string of the molecule is CC1(F)CN(C(=O)NC2CCN(Cc3ccccc3)CC2(C)C)C1. The van der Waals surface area contributed by atoms with Gasteiger partial charge in [0.25, 0.3) is 0 Å². The summed E-state index contributed by atoms with van der Waals surface area (Å²) >= 11 is 0. The van der Waals surface area contributed by atoms with E-state index in [0.29, 0.717) is 0 Å². The van der Waals surface area contributed by atoms with Gasteiger partial charge in [0.1, 0.15) is 5.67 Å². The van der Waals surface area contributed by atoms with E-state index in [1.165, 1.54) is 5.56 Å². The van der Waals surface area contributed by atoms with Crippen LogP contribution in [0.5, 0.6) is 0 Å². The number of nitrogens with one attached hydrogen (secondary N) is 1. The Kier molecular flexibility index (Phi) is 4.56. The summed E-state index contributed by atoms with van der Waals surface area (Å²) in [7, 11) is 0. The van der Waals surface area contributed by atoms with Crippen LogP contribution >= 0.6 is 0 Å². The van der Waals surface area contributed by atoms with E-state index >= 15 is 0 Å². The van der Waals surface area contributed by atoms with E-state index in [0.717, 1.165) is 26.1 Å². The Bertz CT molecular complexity index is 580. The van der Waals surface area contributed by atoms with Gasteiger partial charge < -0.3 is 10.2 Å². The van der Waals surface area contributed by atoms with Crippen molar-refractivity contribution in [1.82, 2.24) is 15.1 Å². The molecule has 1 aromatic carbocycles. The summed E-state index contributed by atoms with van der Waals surface area (Å²) < 4.78 is 13.6. The number of hydrogen-bond donors (Lipinski definition) is 1. The Labute approximate surface area is 144 Å². The second-order valence-electron chi connectivity index (χ2n) is 8.24. The molecule has 4 nitrogen and oxygen atoms in total. The van der Waals surface area contributed by atoms with Gasteiger partial charge in [-0.05, 0) is 24.3 Å². The topological polar surface area (TPSA) is 35.6 Å². The van der Waals surface area contributed by atoms with E-state index in [4.69, 9.17) is 0 Å². The number of urea groups is 1. The first-order valence-corrected chi connectivity index (χ1v) is 8.76. The van der Waals surface area contributed by atoms with Crippen LogP contribution in [0.1, 0.15) is 32.8 Å². The average Bonchev–Trinajstić information content (AvgIpc) is 2.48. The molecule has 0 saturated carbocycles. The van der Waals surface area contributed by atoms with Crippen molar-refractivity contribution < 1.29 is 9.18 Å². The third-order valence-electron chi connectivity index (χ3n) is 5.18. The number of nitrogens with zero attached hydrogens (tertiary/aromatic N) is 2. The molecular formula is C19H28FN3O. The second kappa shape index (κ2) is 6.36. The number of likely N-dealkylation sites (tertiary alicyclic amines) is 2. The molecule has 0 bridgehead atoms. The van der Waals surface area contributed by atoms with E-state index in [1.54, 1.807) is 11.8 Å². The molecule has 2 fully saturated rings. The van der Waals surface area contributed by atoms with Crippen molar-refractivity contribution in [2.45, 2.75) is 45.4 Å². The standard InChI is InChI=1S/C19H28FN3O/c1-18(2)12-22(11-15-7-5-4-6-8-15)10-9-16(18)21-17(24)23-13-19(3,20)14-23/h4-8,16H,9-14H2,1-3H3,(H,21,24). The highest BCUT2D eigenvalue weighted by molar-refractivity contribution is 5.76. The van der Waals surface area contributed by atoms with Gasteiger partial charge in [-0.2, -0.15) is 0 Å². The maximum atomic E-state index is 13.6. The number of carbonyl (C=O) groups excluding carboxylic acids is 1. The number of piperidine rings is 1. The molecule has 2 saturated heterocycles. The fourth-order valence-electron chi connectivity index (χ4n) is 3.85. The van der Waals surface area contributed by atoms with Gasteiger partial charge >= 0.3 is 6.03 Å². The van der Waals surface area contributed by atoms with Gasteiger partial charge in [0.2, 0.25) is 0 Å². The normalized spacial score (nSPS) is 25.8. The predicted octanol–water partition coefficient (Wildman–Crippen LogP) is 3.04. The van der Waals surface area contributed by atoms with Crippen molar-refractivity contribution in [2.24, 2.45) is 5.41 Å². The number of benzene rings is 1. The smallest absolute Gasteiger partial charge is 0.317 e. The summed E-state index contributed by atoms with van der Waals surface area (Å²) in [6.45, 7) is 9.19. The van der Waals surface area contributed by atoms with Gasteiger partial charge in [0.15, 0.2) is 0 Å². The highest BCUT2D eigenvalue weighted by Gasteiger charge is 2.43. The fourth-order valence-corrected chi connectivity index (χ4v) is 3.85. The van der Waals surface area contributed by atoms with Crippen LogP contribution in [0.4, 0.5) is 9.18 Å². The van der Waals surface area contributed by atoms with Crippen LogP contribution < -0.4 is 5.32 Å². The lowest BCUT2D eigenvalue weighted by molar-refractivity contribution is 0.00437. The van der Waals surface area contributed by atoms with Crippen LogP contribution in [0.3, 0.4) is 0 Å². The molecule has 3 rings (SSSR count). The van der Waals surface area contributed by atoms with Crippen LogP contribution in [0.25, 0.3) is 0 Å². The Balaban J connectivity index is 1.53. The molecule has 132 valence electrons. The number of hydrogen-bond acceptors (Lipinski definition) is 2. The van der Waals surface area contributed by atoms with E-state index in [1.807, 2.05) is 6.07 Å². The zero-order chi connectivity index (χ0) is 17.4. The lowest BCUT2D eigenvalue weighted by Gasteiger charge is -2.47. The number of rotatable bonds is 3. The summed E-state index contributed by atoms with van der Waals surface area (Å²) in [4.78, 5) is 16.3. The largest absolute Gasteiger partial charge is 0.335 e. The molecule has 0 aliphatic carbocycles. The Morgan fingerprint density at radius 3 is 2.46 bits per heavy atom. The van der Waals surface area contributed by atoms with Crippen molar-refractivity contribution >= 4 is 6.03 Å². The Morgan fingerprint density at radius 2 is 1.88 bits per heavy atom. The third-order valence-corrected chi connectivity index (χ3v) is 5.18. The lowest BCUT2D eigenvalue weighted by atomic mass is 9.79. The van der Waals surface area contributed by atoms with Gasteiger partial charge in [0, 0.05) is 25.7 Å². The van der Waals surface area contributed by atoms with Gasteiger partial charge in [-0.15, -0.1) is 0 Å². The molecule has 2 aliphatic rings. The molecule has 0 aromatic heterocycles. The van der Waals surface area contributed by atoms with Crippen LogP contribution in [-0.2, 0) is 6.54 Å². The summed E-state index contributed by atoms with van der Waals surface area (Å²) in [5.74, 6) is 0. The van der Waals surface area contributed by atoms with E-state index in [9.17, 15) is 9.18 Å². The first kappa shape index (κ1) is 17.2. The van der Waals surface area contributed by atoms with Crippen LogP contribution in [0, 0.1) is 5.41 Å². The first-order chi connectivity index (χ1) is 11.3. The molecule has 0 spiro atoms. The molecule has 24 heavy (non-hydrogen) atoms. The van der Waals surface area contributed by atoms with Gasteiger partial charge in [0.05, 0.1) is 13.1 Å². The summed E-state index contributed by atoms with van der Waals surface area (Å²) in [6.07, 6.45) is 0.923. The molecule has 2 heterocycles. The zero-order valence-electron chi connectivity index (χ0n) is 14.9. The molecule has 2 aliphatic heterocycles. The van der Waals surface area contributed by atoms with Gasteiger partial charge in [-0.1, -0.05) is 44.2 Å². The maximum absolute atomic E-state index is 13.6. The van der Waals surface area contributed by atoms with Gasteiger partial charge in [-0.25, -0.2) is 9.18 Å². The van der Waals surface area contributed by atoms with E-state index in [-0.39, 0.29) is 30.6 Å². The number of amides is 2. The zero-order valence-corrected chi connectivity index (χ0v) is 14.9. The average molecular weight is 333 g/mol. The molecule has 0 radical (unpaired) electrons.